The molecule has 0 saturated heterocycles. The Hall–Kier alpha value is -0.529. The van der Waals surface area contributed by atoms with Crippen LogP contribution in [0.2, 0.25) is 58.9 Å². The van der Waals surface area contributed by atoms with Crippen molar-refractivity contribution in [1.29, 1.82) is 0 Å². The van der Waals surface area contributed by atoms with Gasteiger partial charge in [0.2, 0.25) is 8.32 Å². The third-order valence-electron chi connectivity index (χ3n) is 2.86. The first-order valence-corrected chi connectivity index (χ1v) is 17.7. The van der Waals surface area contributed by atoms with Gasteiger partial charge < -0.3 is 8.66 Å². The monoisotopic (exact) mass is 325 g/mol. The Morgan fingerprint density at radius 1 is 0.750 bits per heavy atom. The number of nitrogens with zero attached hydrogens (tertiary/aromatic N) is 1. The van der Waals surface area contributed by atoms with E-state index in [1.165, 1.54) is 5.69 Å². The molecule has 5 heteroatoms. The molecule has 20 heavy (non-hydrogen) atoms. The quantitative estimate of drug-likeness (QED) is 0.674. The summed E-state index contributed by atoms with van der Waals surface area (Å²) in [5.41, 5.74) is 1.31. The zero-order valence-corrected chi connectivity index (χ0v) is 17.7. The van der Waals surface area contributed by atoms with Crippen molar-refractivity contribution in [3.8, 4) is 5.75 Å². The van der Waals surface area contributed by atoms with Crippen LogP contribution in [0, 0.1) is 0 Å². The second kappa shape index (κ2) is 5.69. The molecule has 0 saturated carbocycles. The molecule has 2 nitrogen and oxygen atoms in total. The summed E-state index contributed by atoms with van der Waals surface area (Å²) in [6.07, 6.45) is 0. The summed E-state index contributed by atoms with van der Waals surface area (Å²) in [6, 6.07) is 8.61. The van der Waals surface area contributed by atoms with E-state index in [1.54, 1.807) is 0 Å². The van der Waals surface area contributed by atoms with E-state index in [2.05, 4.69) is 87.4 Å². The van der Waals surface area contributed by atoms with Gasteiger partial charge in [0, 0.05) is 0 Å². The maximum atomic E-state index is 6.35. The molecule has 0 aliphatic heterocycles. The molecule has 0 bridgehead atoms. The highest BCUT2D eigenvalue weighted by molar-refractivity contribution is 6.99. The lowest BCUT2D eigenvalue weighted by Gasteiger charge is -2.46. The molecule has 1 aromatic carbocycles. The van der Waals surface area contributed by atoms with Gasteiger partial charge in [0.1, 0.15) is 22.2 Å². The van der Waals surface area contributed by atoms with E-state index in [0.29, 0.717) is 0 Å². The highest BCUT2D eigenvalue weighted by Crippen LogP contribution is 2.36. The van der Waals surface area contributed by atoms with Gasteiger partial charge in [-0.2, -0.15) is 0 Å². The summed E-state index contributed by atoms with van der Waals surface area (Å²) < 4.78 is 9.08. The number of anilines is 1. The molecule has 0 unspecified atom stereocenters. The topological polar surface area (TPSA) is 12.5 Å². The highest BCUT2D eigenvalue weighted by atomic mass is 28.4. The van der Waals surface area contributed by atoms with Gasteiger partial charge in [-0.1, -0.05) is 51.4 Å². The van der Waals surface area contributed by atoms with Crippen LogP contribution in [0.3, 0.4) is 0 Å². The molecule has 0 amide bonds. The maximum Gasteiger partial charge on any atom is 0.242 e. The van der Waals surface area contributed by atoms with Crippen molar-refractivity contribution >= 4 is 30.5 Å². The number of benzene rings is 1. The minimum absolute atomic E-state index is 1.08. The van der Waals surface area contributed by atoms with Crippen LogP contribution in [-0.2, 0) is 0 Å². The van der Waals surface area contributed by atoms with Crippen molar-refractivity contribution in [1.82, 2.24) is 0 Å². The van der Waals surface area contributed by atoms with Crippen molar-refractivity contribution in [3.63, 3.8) is 0 Å². The van der Waals surface area contributed by atoms with Gasteiger partial charge in [-0.25, -0.2) is 0 Å². The largest absolute Gasteiger partial charge is 0.543 e. The summed E-state index contributed by atoms with van der Waals surface area (Å²) in [6.45, 7) is 21.3. The molecular weight excluding hydrogens is 294 g/mol. The Bertz CT molecular complexity index is 441. The van der Waals surface area contributed by atoms with E-state index < -0.39 is 24.8 Å². The smallest absolute Gasteiger partial charge is 0.242 e. The van der Waals surface area contributed by atoms with Crippen LogP contribution in [0.1, 0.15) is 0 Å². The molecule has 0 atom stereocenters. The fourth-order valence-corrected chi connectivity index (χ4v) is 13.5. The summed E-state index contributed by atoms with van der Waals surface area (Å²) >= 11 is 0. The molecule has 0 spiro atoms. The second-order valence-corrected chi connectivity index (χ2v) is 22.8. The third-order valence-corrected chi connectivity index (χ3v) is 10.9. The van der Waals surface area contributed by atoms with Gasteiger partial charge in [-0.3, -0.25) is 0 Å². The van der Waals surface area contributed by atoms with E-state index in [-0.39, 0.29) is 0 Å². The van der Waals surface area contributed by atoms with E-state index >= 15 is 0 Å². The van der Waals surface area contributed by atoms with E-state index in [9.17, 15) is 0 Å². The molecule has 114 valence electrons. The van der Waals surface area contributed by atoms with Gasteiger partial charge in [-0.15, -0.1) is 0 Å². The van der Waals surface area contributed by atoms with Crippen LogP contribution >= 0.6 is 0 Å². The Morgan fingerprint density at radius 3 is 1.60 bits per heavy atom. The van der Waals surface area contributed by atoms with Crippen LogP contribution in [0.15, 0.2) is 24.3 Å². The summed E-state index contributed by atoms with van der Waals surface area (Å²) in [5.74, 6) is 1.08. The maximum absolute atomic E-state index is 6.35. The lowest BCUT2D eigenvalue weighted by molar-refractivity contribution is 0.559. The SMILES string of the molecule is C[Si](C)(C)Oc1ccccc1N([Si](C)(C)C)[Si](C)(C)C. The lowest BCUT2D eigenvalue weighted by Crippen LogP contribution is -2.59. The molecular formula is C15H31NOSi3. The van der Waals surface area contributed by atoms with E-state index in [0.717, 1.165) is 5.75 Å². The normalized spacial score (nSPS) is 13.2. The number of rotatable bonds is 5. The van der Waals surface area contributed by atoms with E-state index in [4.69, 9.17) is 4.43 Å². The predicted molar refractivity (Wildman–Crippen MR) is 99.6 cm³/mol. The van der Waals surface area contributed by atoms with Crippen LogP contribution in [-0.4, -0.2) is 24.8 Å². The van der Waals surface area contributed by atoms with Crippen LogP contribution < -0.4 is 8.66 Å². The van der Waals surface area contributed by atoms with Gasteiger partial charge in [0.15, 0.2) is 0 Å². The van der Waals surface area contributed by atoms with Crippen molar-refractivity contribution in [2.24, 2.45) is 0 Å². The Morgan fingerprint density at radius 2 is 1.20 bits per heavy atom. The first kappa shape index (κ1) is 17.5. The standard InChI is InChI=1S/C15H31NOSi3/c1-18(2,3)16(19(4,5)6)14-12-10-11-13-15(14)17-20(7,8)9/h10-13H,1-9H3. The predicted octanol–water partition coefficient (Wildman–Crippen LogP) is 5.38. The first-order valence-electron chi connectivity index (χ1n) is 7.41. The summed E-state index contributed by atoms with van der Waals surface area (Å²) in [5, 5.41) is 0. The second-order valence-electron chi connectivity index (χ2n) is 8.36. The third kappa shape index (κ3) is 4.79. The molecule has 0 N–H and O–H groups in total. The highest BCUT2D eigenvalue weighted by Gasteiger charge is 2.36. The van der Waals surface area contributed by atoms with Crippen LogP contribution in [0.4, 0.5) is 5.69 Å². The fraction of sp³-hybridized carbons (Fsp3) is 0.600. The average Bonchev–Trinajstić information content (AvgIpc) is 2.14. The average molecular weight is 326 g/mol. The molecule has 0 heterocycles. The lowest BCUT2D eigenvalue weighted by atomic mass is 10.3. The fourth-order valence-electron chi connectivity index (χ4n) is 2.79. The minimum Gasteiger partial charge on any atom is -0.543 e. The molecule has 0 aliphatic carbocycles. The van der Waals surface area contributed by atoms with Crippen LogP contribution in [0.5, 0.6) is 5.75 Å². The van der Waals surface area contributed by atoms with Gasteiger partial charge in [0.25, 0.3) is 0 Å². The van der Waals surface area contributed by atoms with Gasteiger partial charge in [0.05, 0.1) is 5.69 Å². The molecule has 0 aromatic heterocycles. The Balaban J connectivity index is 3.35. The van der Waals surface area contributed by atoms with E-state index in [1.807, 2.05) is 0 Å². The van der Waals surface area contributed by atoms with Crippen molar-refractivity contribution in [2.45, 2.75) is 58.9 Å². The molecule has 1 aromatic rings. The minimum atomic E-state index is -1.59. The van der Waals surface area contributed by atoms with Crippen LogP contribution in [0.25, 0.3) is 0 Å². The van der Waals surface area contributed by atoms with Crippen molar-refractivity contribution < 1.29 is 4.43 Å². The zero-order chi connectivity index (χ0) is 15.8. The number of para-hydroxylation sites is 2. The molecule has 0 radical (unpaired) electrons. The summed E-state index contributed by atoms with van der Waals surface area (Å²) in [4.78, 5) is 0. The zero-order valence-electron chi connectivity index (χ0n) is 14.7. The Labute approximate surface area is 128 Å². The molecule has 0 aliphatic rings. The first-order chi connectivity index (χ1) is 8.82. The number of hydrogen-bond acceptors (Lipinski definition) is 2. The van der Waals surface area contributed by atoms with Crippen molar-refractivity contribution in [3.05, 3.63) is 24.3 Å². The Kier molecular flexibility index (Phi) is 4.99. The van der Waals surface area contributed by atoms with Crippen molar-refractivity contribution in [2.75, 3.05) is 4.23 Å². The molecule has 0 fully saturated rings. The molecule has 1 rings (SSSR count). The summed E-state index contributed by atoms with van der Waals surface area (Å²) in [7, 11) is -4.47. The number of hydrogen-bond donors (Lipinski definition) is 0. The van der Waals surface area contributed by atoms with Gasteiger partial charge in [-0.05, 0) is 31.8 Å². The van der Waals surface area contributed by atoms with Gasteiger partial charge >= 0.3 is 0 Å².